The number of aromatic nitrogens is 2. The van der Waals surface area contributed by atoms with Crippen molar-refractivity contribution in [3.8, 4) is 5.75 Å². The van der Waals surface area contributed by atoms with E-state index in [1.807, 2.05) is 29.9 Å². The zero-order valence-electron chi connectivity index (χ0n) is 16.9. The smallest absolute Gasteiger partial charge is 0.141 e. The fourth-order valence-electron chi connectivity index (χ4n) is 5.02. The molecule has 6 heteroatoms. The summed E-state index contributed by atoms with van der Waals surface area (Å²) in [6.07, 6.45) is 7.03. The van der Waals surface area contributed by atoms with Gasteiger partial charge < -0.3 is 19.1 Å². The molecule has 1 aromatic carbocycles. The third-order valence-electron chi connectivity index (χ3n) is 6.35. The minimum absolute atomic E-state index is 0.224. The van der Waals surface area contributed by atoms with Gasteiger partial charge in [-0.05, 0) is 30.5 Å². The van der Waals surface area contributed by atoms with E-state index in [2.05, 4.69) is 22.0 Å². The summed E-state index contributed by atoms with van der Waals surface area (Å²) in [7, 11) is 3.66. The lowest BCUT2D eigenvalue weighted by Crippen LogP contribution is -2.58. The lowest BCUT2D eigenvalue weighted by molar-refractivity contribution is -0.155. The maximum absolute atomic E-state index is 11.7. The first-order chi connectivity index (χ1) is 13.6. The Morgan fingerprint density at radius 3 is 2.68 bits per heavy atom. The minimum Gasteiger partial charge on any atom is -0.491 e. The summed E-state index contributed by atoms with van der Waals surface area (Å²) in [5.41, 5.74) is 0.438. The molecule has 0 unspecified atom stereocenters. The SMILES string of the molecule is COCCOc1cccc(CN2C[C@H]3CCC[C@H](C2)C3(O)c2nccn2C)c1. The van der Waals surface area contributed by atoms with Gasteiger partial charge in [-0.2, -0.15) is 0 Å². The number of ether oxygens (including phenoxy) is 2. The van der Waals surface area contributed by atoms with E-state index in [1.54, 1.807) is 13.3 Å². The van der Waals surface area contributed by atoms with E-state index >= 15 is 0 Å². The van der Waals surface area contributed by atoms with Crippen LogP contribution in [0.15, 0.2) is 36.7 Å². The first kappa shape index (κ1) is 19.4. The normalized spacial score (nSPS) is 27.7. The highest BCUT2D eigenvalue weighted by Gasteiger charge is 2.53. The summed E-state index contributed by atoms with van der Waals surface area (Å²) in [5, 5.41) is 11.7. The molecule has 2 aliphatic rings. The highest BCUT2D eigenvalue weighted by Crippen LogP contribution is 2.48. The van der Waals surface area contributed by atoms with Crippen LogP contribution >= 0.6 is 0 Å². The molecular formula is C22H31N3O3. The van der Waals surface area contributed by atoms with Crippen molar-refractivity contribution >= 4 is 0 Å². The van der Waals surface area contributed by atoms with Gasteiger partial charge in [0.25, 0.3) is 0 Å². The van der Waals surface area contributed by atoms with E-state index in [4.69, 9.17) is 9.47 Å². The summed E-state index contributed by atoms with van der Waals surface area (Å²) in [6.45, 7) is 3.82. The largest absolute Gasteiger partial charge is 0.491 e. The zero-order valence-corrected chi connectivity index (χ0v) is 16.9. The van der Waals surface area contributed by atoms with Gasteiger partial charge in [0.2, 0.25) is 0 Å². The standard InChI is InChI=1S/C22H31N3O3/c1-24-10-9-23-21(24)22(26)18-6-4-7-19(22)16-25(15-18)14-17-5-3-8-20(13-17)28-12-11-27-2/h3,5,8-10,13,18-19,26H,4,6-7,11-12,14-16H2,1-2H3/t18-,19-/m1/s1. The molecule has 1 saturated carbocycles. The van der Waals surface area contributed by atoms with Gasteiger partial charge in [-0.15, -0.1) is 0 Å². The van der Waals surface area contributed by atoms with Crippen LogP contribution in [0.3, 0.4) is 0 Å². The molecule has 4 rings (SSSR count). The van der Waals surface area contributed by atoms with Crippen LogP contribution in [-0.4, -0.2) is 53.0 Å². The van der Waals surface area contributed by atoms with Gasteiger partial charge in [0.1, 0.15) is 23.8 Å². The summed E-state index contributed by atoms with van der Waals surface area (Å²) < 4.78 is 12.8. The van der Waals surface area contributed by atoms with Gasteiger partial charge in [0.15, 0.2) is 0 Å². The molecular weight excluding hydrogens is 354 g/mol. The van der Waals surface area contributed by atoms with Crippen LogP contribution in [0.25, 0.3) is 0 Å². The van der Waals surface area contributed by atoms with E-state index in [9.17, 15) is 5.11 Å². The molecule has 1 saturated heterocycles. The number of rotatable bonds is 7. The maximum atomic E-state index is 11.7. The lowest BCUT2D eigenvalue weighted by Gasteiger charge is -2.52. The molecule has 1 aromatic heterocycles. The zero-order chi connectivity index (χ0) is 19.6. The average Bonchev–Trinajstić information content (AvgIpc) is 3.10. The average molecular weight is 386 g/mol. The van der Waals surface area contributed by atoms with E-state index in [1.165, 1.54) is 12.0 Å². The van der Waals surface area contributed by atoms with E-state index in [0.717, 1.165) is 44.0 Å². The molecule has 0 radical (unpaired) electrons. The quantitative estimate of drug-likeness (QED) is 0.743. The number of fused-ring (bicyclic) bond motifs is 2. The van der Waals surface area contributed by atoms with Crippen molar-refractivity contribution in [3.63, 3.8) is 0 Å². The number of imidazole rings is 1. The van der Waals surface area contributed by atoms with Crippen LogP contribution in [0.5, 0.6) is 5.75 Å². The third-order valence-corrected chi connectivity index (χ3v) is 6.35. The first-order valence-electron chi connectivity index (χ1n) is 10.2. The van der Waals surface area contributed by atoms with Crippen LogP contribution in [-0.2, 0) is 23.9 Å². The molecule has 1 N–H and O–H groups in total. The summed E-state index contributed by atoms with van der Waals surface area (Å²) >= 11 is 0. The molecule has 1 aliphatic carbocycles. The van der Waals surface area contributed by atoms with E-state index in [0.29, 0.717) is 13.2 Å². The summed E-state index contributed by atoms with van der Waals surface area (Å²) in [5.74, 6) is 2.16. The maximum Gasteiger partial charge on any atom is 0.141 e. The number of methoxy groups -OCH3 is 1. The van der Waals surface area contributed by atoms with Crippen molar-refractivity contribution in [2.75, 3.05) is 33.4 Å². The molecule has 2 aromatic rings. The van der Waals surface area contributed by atoms with Crippen molar-refractivity contribution < 1.29 is 14.6 Å². The number of aliphatic hydroxyl groups is 1. The minimum atomic E-state index is -0.807. The van der Waals surface area contributed by atoms with Crippen LogP contribution in [0.1, 0.15) is 30.7 Å². The van der Waals surface area contributed by atoms with Crippen LogP contribution in [0.2, 0.25) is 0 Å². The molecule has 2 bridgehead atoms. The van der Waals surface area contributed by atoms with Gasteiger partial charge in [-0.3, -0.25) is 4.90 Å². The monoisotopic (exact) mass is 385 g/mol. The highest BCUT2D eigenvalue weighted by atomic mass is 16.5. The van der Waals surface area contributed by atoms with E-state index in [-0.39, 0.29) is 11.8 Å². The van der Waals surface area contributed by atoms with Crippen molar-refractivity contribution in [1.29, 1.82) is 0 Å². The fraction of sp³-hybridized carbons (Fsp3) is 0.591. The highest BCUT2D eigenvalue weighted by molar-refractivity contribution is 5.28. The molecule has 1 aliphatic heterocycles. The Morgan fingerprint density at radius 1 is 1.21 bits per heavy atom. The van der Waals surface area contributed by atoms with Crippen LogP contribution in [0.4, 0.5) is 0 Å². The number of hydrogen-bond acceptors (Lipinski definition) is 5. The number of hydrogen-bond donors (Lipinski definition) is 1. The topological polar surface area (TPSA) is 59.8 Å². The predicted molar refractivity (Wildman–Crippen MR) is 107 cm³/mol. The van der Waals surface area contributed by atoms with Gasteiger partial charge in [0.05, 0.1) is 6.61 Å². The van der Waals surface area contributed by atoms with Crippen molar-refractivity contribution in [1.82, 2.24) is 14.5 Å². The van der Waals surface area contributed by atoms with Crippen LogP contribution in [0, 0.1) is 11.8 Å². The lowest BCUT2D eigenvalue weighted by atomic mass is 9.65. The number of aryl methyl sites for hydroxylation is 1. The van der Waals surface area contributed by atoms with Gasteiger partial charge >= 0.3 is 0 Å². The summed E-state index contributed by atoms with van der Waals surface area (Å²) in [4.78, 5) is 7.00. The Bertz CT molecular complexity index is 777. The molecule has 2 fully saturated rings. The number of benzene rings is 1. The Morgan fingerprint density at radius 2 is 2.00 bits per heavy atom. The van der Waals surface area contributed by atoms with Gasteiger partial charge in [-0.1, -0.05) is 18.6 Å². The Hall–Kier alpha value is -1.89. The van der Waals surface area contributed by atoms with Gasteiger partial charge in [0, 0.05) is 58.0 Å². The molecule has 152 valence electrons. The Labute approximate surface area is 167 Å². The Kier molecular flexibility index (Phi) is 5.71. The second kappa shape index (κ2) is 8.23. The second-order valence-corrected chi connectivity index (χ2v) is 8.19. The van der Waals surface area contributed by atoms with Crippen LogP contribution < -0.4 is 4.74 Å². The predicted octanol–water partition coefficient (Wildman–Crippen LogP) is 2.57. The van der Waals surface area contributed by atoms with Crippen molar-refractivity contribution in [2.24, 2.45) is 18.9 Å². The number of likely N-dealkylation sites (tertiary alicyclic amines) is 1. The van der Waals surface area contributed by atoms with Crippen molar-refractivity contribution in [3.05, 3.63) is 48.0 Å². The second-order valence-electron chi connectivity index (χ2n) is 8.19. The Balaban J connectivity index is 1.46. The fourth-order valence-corrected chi connectivity index (χ4v) is 5.02. The molecule has 2 heterocycles. The van der Waals surface area contributed by atoms with Crippen molar-refractivity contribution in [2.45, 2.75) is 31.4 Å². The summed E-state index contributed by atoms with van der Waals surface area (Å²) in [6, 6.07) is 8.31. The first-order valence-corrected chi connectivity index (χ1v) is 10.2. The molecule has 0 spiro atoms. The molecule has 6 nitrogen and oxygen atoms in total. The number of nitrogens with zero attached hydrogens (tertiary/aromatic N) is 3. The van der Waals surface area contributed by atoms with Gasteiger partial charge in [-0.25, -0.2) is 4.98 Å². The molecule has 28 heavy (non-hydrogen) atoms. The molecule has 0 amide bonds. The van der Waals surface area contributed by atoms with E-state index < -0.39 is 5.60 Å². The third kappa shape index (κ3) is 3.69. The molecule has 2 atom stereocenters. The number of piperidine rings is 1.